The number of sulfone groups is 1. The van der Waals surface area contributed by atoms with Gasteiger partial charge in [0, 0.05) is 17.1 Å². The third kappa shape index (κ3) is 2.57. The van der Waals surface area contributed by atoms with Crippen LogP contribution in [0.25, 0.3) is 0 Å². The zero-order chi connectivity index (χ0) is 19.6. The van der Waals surface area contributed by atoms with Crippen LogP contribution in [0.5, 0.6) is 0 Å². The quantitative estimate of drug-likeness (QED) is 0.844. The van der Waals surface area contributed by atoms with Crippen LogP contribution in [0.3, 0.4) is 0 Å². The first kappa shape index (κ1) is 8.73. The van der Waals surface area contributed by atoms with E-state index in [2.05, 4.69) is 5.32 Å². The molecule has 0 aromatic carbocycles. The van der Waals surface area contributed by atoms with Crippen molar-refractivity contribution in [1.29, 1.82) is 0 Å². The molecule has 0 aliphatic carbocycles. The van der Waals surface area contributed by atoms with E-state index in [0.717, 1.165) is 0 Å². The largest absolute Gasteiger partial charge is 0.310 e. The molecule has 0 saturated heterocycles. The van der Waals surface area contributed by atoms with Crippen LogP contribution in [0.1, 0.15) is 40.0 Å². The Morgan fingerprint density at radius 3 is 2.95 bits per heavy atom. The standard InChI is InChI=1S/C10H16N2O4S3/c1-3-12-8-4-6(2)18(13,14)10-7(8)5-9(17-10)19(11,15)16/h5-6,8,12H,3-4H2,1-2H3,(H2,11,15,16)/t6-,8-/m0/s1/i2D3,5D,6D,8D. The van der Waals surface area contributed by atoms with Gasteiger partial charge in [-0.3, -0.25) is 0 Å². The van der Waals surface area contributed by atoms with E-state index in [-0.39, 0.29) is 17.9 Å². The van der Waals surface area contributed by atoms with Gasteiger partial charge in [0.05, 0.1) is 7.97 Å². The molecule has 3 N–H and O–H groups in total. The van der Waals surface area contributed by atoms with E-state index in [1.165, 1.54) is 0 Å². The zero-order valence-corrected chi connectivity index (χ0v) is 12.3. The van der Waals surface area contributed by atoms with Crippen molar-refractivity contribution in [3.05, 3.63) is 11.6 Å². The van der Waals surface area contributed by atoms with Crippen molar-refractivity contribution in [3.63, 3.8) is 0 Å². The molecule has 19 heavy (non-hydrogen) atoms. The maximum absolute atomic E-state index is 12.8. The first-order chi connectivity index (χ1) is 11.0. The minimum atomic E-state index is -4.87. The molecule has 2 heterocycles. The lowest BCUT2D eigenvalue weighted by atomic mass is 10.1. The number of sulfonamides is 1. The summed E-state index contributed by atoms with van der Waals surface area (Å²) in [6.45, 7) is -1.63. The van der Waals surface area contributed by atoms with Crippen LogP contribution in [-0.4, -0.2) is 28.6 Å². The van der Waals surface area contributed by atoms with E-state index in [4.69, 9.17) is 13.4 Å². The molecule has 9 heteroatoms. The van der Waals surface area contributed by atoms with Gasteiger partial charge in [-0.15, -0.1) is 11.3 Å². The number of nitrogens with one attached hydrogen (secondary N) is 1. The number of primary sulfonamides is 1. The van der Waals surface area contributed by atoms with Gasteiger partial charge in [0.25, 0.3) is 0 Å². The Bertz CT molecular complexity index is 925. The minimum Gasteiger partial charge on any atom is -0.310 e. The number of hydrogen-bond donors (Lipinski definition) is 2. The highest BCUT2D eigenvalue weighted by molar-refractivity contribution is 7.95. The molecule has 0 saturated carbocycles. The normalized spacial score (nSPS) is 39.1. The number of hydrogen-bond acceptors (Lipinski definition) is 6. The van der Waals surface area contributed by atoms with E-state index in [0.29, 0.717) is 0 Å². The van der Waals surface area contributed by atoms with Crippen molar-refractivity contribution in [3.8, 4) is 0 Å². The van der Waals surface area contributed by atoms with Crippen LogP contribution < -0.4 is 10.5 Å². The summed E-state index contributed by atoms with van der Waals surface area (Å²) in [5.41, 5.74) is -0.490. The van der Waals surface area contributed by atoms with Gasteiger partial charge in [0.2, 0.25) is 10.0 Å². The van der Waals surface area contributed by atoms with Crippen molar-refractivity contribution in [2.45, 2.75) is 39.9 Å². The summed E-state index contributed by atoms with van der Waals surface area (Å²) in [4.78, 5) is 0. The number of rotatable bonds is 3. The molecular weight excluding hydrogens is 308 g/mol. The van der Waals surface area contributed by atoms with Gasteiger partial charge < -0.3 is 5.32 Å². The topological polar surface area (TPSA) is 106 Å². The van der Waals surface area contributed by atoms with Crippen LogP contribution in [-0.2, 0) is 19.9 Å². The van der Waals surface area contributed by atoms with Crippen molar-refractivity contribution in [2.24, 2.45) is 5.14 Å². The average Bonchev–Trinajstić information content (AvgIpc) is 2.75. The maximum atomic E-state index is 12.8. The number of nitrogens with two attached hydrogens (primary N) is 1. The van der Waals surface area contributed by atoms with E-state index >= 15 is 0 Å². The van der Waals surface area contributed by atoms with E-state index in [1.807, 2.05) is 0 Å². The summed E-state index contributed by atoms with van der Waals surface area (Å²) in [6.07, 6.45) is -0.994. The fraction of sp³-hybridized carbons (Fsp3) is 0.600. The van der Waals surface area contributed by atoms with Crippen LogP contribution in [0.15, 0.2) is 14.5 Å². The Morgan fingerprint density at radius 2 is 2.42 bits per heavy atom. The highest BCUT2D eigenvalue weighted by Crippen LogP contribution is 2.42. The van der Waals surface area contributed by atoms with Gasteiger partial charge in [-0.2, -0.15) is 0 Å². The van der Waals surface area contributed by atoms with Crippen molar-refractivity contribution < 1.29 is 25.1 Å². The molecule has 6 nitrogen and oxygen atoms in total. The minimum absolute atomic E-state index is 0.0973. The molecule has 1 aromatic heterocycles. The summed E-state index contributed by atoms with van der Waals surface area (Å²) < 4.78 is 94.3. The predicted octanol–water partition coefficient (Wildman–Crippen LogP) is 0.612. The van der Waals surface area contributed by atoms with Gasteiger partial charge in [-0.1, -0.05) is 6.92 Å². The Kier molecular flexibility index (Phi) is 2.21. The van der Waals surface area contributed by atoms with Gasteiger partial charge in [-0.05, 0) is 25.9 Å². The Balaban J connectivity index is 2.98. The molecule has 108 valence electrons. The molecule has 1 aliphatic heterocycles. The lowest BCUT2D eigenvalue weighted by Gasteiger charge is -2.27. The predicted molar refractivity (Wildman–Crippen MR) is 73.4 cm³/mol. The van der Waals surface area contributed by atoms with Gasteiger partial charge in [0.15, 0.2) is 9.84 Å². The molecule has 1 aliphatic rings. The maximum Gasteiger partial charge on any atom is 0.247 e. The second kappa shape index (κ2) is 4.81. The molecule has 1 aromatic rings. The molecule has 0 spiro atoms. The summed E-state index contributed by atoms with van der Waals surface area (Å²) in [5.74, 6) is 0. The van der Waals surface area contributed by atoms with Crippen molar-refractivity contribution >= 4 is 31.2 Å². The second-order valence-corrected chi connectivity index (χ2v) is 8.78. The molecule has 0 unspecified atom stereocenters. The van der Waals surface area contributed by atoms with Crippen LogP contribution >= 0.6 is 11.3 Å². The highest BCUT2D eigenvalue weighted by atomic mass is 32.3. The molecule has 0 fully saturated rings. The summed E-state index contributed by atoms with van der Waals surface area (Å²) in [5, 5.41) is 4.51. The summed E-state index contributed by atoms with van der Waals surface area (Å²) in [6, 6.07) is -2.91. The molecular formula is C10H16N2O4S3. The first-order valence-corrected chi connectivity index (χ1v) is 9.04. The Labute approximate surface area is 125 Å². The Morgan fingerprint density at radius 1 is 1.74 bits per heavy atom. The summed E-state index contributed by atoms with van der Waals surface area (Å²) in [7, 11) is -9.33. The van der Waals surface area contributed by atoms with Crippen LogP contribution in [0.4, 0.5) is 0 Å². The SMILES string of the molecule is [2H]c1c(S(N)(=O)=O)sc2c1[C@@]([2H])(NCC)C[C@]([2H])(C([2H])([2H])[2H])S2(=O)=O. The number of fused-ring (bicyclic) bond motifs is 1. The fourth-order valence-corrected chi connectivity index (χ4v) is 5.36. The molecule has 0 radical (unpaired) electrons. The lowest BCUT2D eigenvalue weighted by molar-refractivity contribution is 0.477. The monoisotopic (exact) mass is 330 g/mol. The third-order valence-electron chi connectivity index (χ3n) is 2.47. The smallest absolute Gasteiger partial charge is 0.247 e. The van der Waals surface area contributed by atoms with Crippen molar-refractivity contribution in [2.75, 3.05) is 6.54 Å². The van der Waals surface area contributed by atoms with Crippen molar-refractivity contribution in [1.82, 2.24) is 5.32 Å². The average molecular weight is 330 g/mol. The summed E-state index contributed by atoms with van der Waals surface area (Å²) >= 11 is 0.104. The van der Waals surface area contributed by atoms with Gasteiger partial charge >= 0.3 is 0 Å². The Hall–Kier alpha value is -0.480. The lowest BCUT2D eigenvalue weighted by Crippen LogP contribution is -2.33. The zero-order valence-electron chi connectivity index (χ0n) is 15.8. The second-order valence-electron chi connectivity index (χ2n) is 3.83. The van der Waals surface area contributed by atoms with E-state index in [1.54, 1.807) is 6.92 Å². The molecule has 0 amide bonds. The fourth-order valence-electron chi connectivity index (χ4n) is 1.65. The molecule has 2 rings (SSSR count). The van der Waals surface area contributed by atoms with Gasteiger partial charge in [-0.25, -0.2) is 22.0 Å². The first-order valence-electron chi connectivity index (χ1n) is 8.19. The third-order valence-corrected chi connectivity index (χ3v) is 7.11. The highest BCUT2D eigenvalue weighted by Gasteiger charge is 2.39. The number of thiophene rings is 1. The van der Waals surface area contributed by atoms with Crippen LogP contribution in [0.2, 0.25) is 0 Å². The van der Waals surface area contributed by atoms with E-state index in [9.17, 15) is 16.8 Å². The molecule has 2 atom stereocenters. The van der Waals surface area contributed by atoms with E-state index < -0.39 is 64.4 Å². The van der Waals surface area contributed by atoms with Crippen LogP contribution in [0, 0.1) is 0 Å². The molecule has 0 bridgehead atoms. The van der Waals surface area contributed by atoms with Gasteiger partial charge in [0.1, 0.15) is 8.42 Å².